The Morgan fingerprint density at radius 3 is 2.27 bits per heavy atom. The maximum absolute atomic E-state index is 14.0. The number of nitrogens with one attached hydrogen (secondary N) is 1. The number of benzene rings is 3. The number of carbonyl (C=O) groups excluding carboxylic acids is 2. The number of anilines is 1. The second-order valence-electron chi connectivity index (χ2n) is 9.96. The lowest BCUT2D eigenvalue weighted by molar-refractivity contribution is -0.139. The van der Waals surface area contributed by atoms with Crippen LogP contribution in [0.25, 0.3) is 0 Å². The summed E-state index contributed by atoms with van der Waals surface area (Å²) in [5.41, 5.74) is 1.99. The van der Waals surface area contributed by atoms with Crippen LogP contribution in [0.4, 0.5) is 5.69 Å². The van der Waals surface area contributed by atoms with E-state index in [1.807, 2.05) is 51.1 Å². The van der Waals surface area contributed by atoms with E-state index in [0.29, 0.717) is 6.42 Å². The number of hydrogen-bond donors (Lipinski definition) is 1. The molecule has 0 bridgehead atoms. The molecule has 0 saturated heterocycles. The van der Waals surface area contributed by atoms with Crippen LogP contribution >= 0.6 is 11.6 Å². The van der Waals surface area contributed by atoms with Gasteiger partial charge in [-0.05, 0) is 69.5 Å². The average molecular weight is 600 g/mol. The summed E-state index contributed by atoms with van der Waals surface area (Å²) in [5, 5.41) is 3.21. The van der Waals surface area contributed by atoms with E-state index in [4.69, 9.17) is 16.3 Å². The number of sulfonamides is 1. The third-order valence-corrected chi connectivity index (χ3v) is 8.96. The molecule has 0 spiro atoms. The summed E-state index contributed by atoms with van der Waals surface area (Å²) in [7, 11) is -2.82. The molecule has 2 atom stereocenters. The minimum atomic E-state index is -4.24. The van der Waals surface area contributed by atoms with Crippen LogP contribution in [0.5, 0.6) is 5.75 Å². The van der Waals surface area contributed by atoms with E-state index in [2.05, 4.69) is 5.32 Å². The van der Waals surface area contributed by atoms with Gasteiger partial charge in [-0.15, -0.1) is 0 Å². The topological polar surface area (TPSA) is 96.0 Å². The summed E-state index contributed by atoms with van der Waals surface area (Å²) < 4.78 is 34.5. The molecule has 10 heteroatoms. The van der Waals surface area contributed by atoms with Crippen molar-refractivity contribution in [1.29, 1.82) is 0 Å². The van der Waals surface area contributed by atoms with Gasteiger partial charge in [0.2, 0.25) is 11.8 Å². The van der Waals surface area contributed by atoms with Crippen LogP contribution in [0, 0.1) is 6.92 Å². The van der Waals surface area contributed by atoms with Crippen LogP contribution in [-0.2, 0) is 26.0 Å². The molecule has 0 radical (unpaired) electrons. The maximum atomic E-state index is 14.0. The van der Waals surface area contributed by atoms with Gasteiger partial charge < -0.3 is 15.0 Å². The molecule has 0 aromatic heterocycles. The molecule has 41 heavy (non-hydrogen) atoms. The Morgan fingerprint density at radius 1 is 1.00 bits per heavy atom. The second-order valence-corrected chi connectivity index (χ2v) is 12.3. The SMILES string of the molecule is CC[C@H](C)NC(=O)[C@H](C)N(CCc1ccccc1)C(=O)CN(c1cc(Cl)ccc1OC)S(=O)(=O)c1ccc(C)cc1. The van der Waals surface area contributed by atoms with Crippen molar-refractivity contribution in [2.24, 2.45) is 0 Å². The Hall–Kier alpha value is -3.56. The first kappa shape index (κ1) is 32.0. The maximum Gasteiger partial charge on any atom is 0.264 e. The molecule has 3 rings (SSSR count). The molecule has 0 aliphatic heterocycles. The third kappa shape index (κ3) is 8.24. The van der Waals surface area contributed by atoms with E-state index >= 15 is 0 Å². The summed E-state index contributed by atoms with van der Waals surface area (Å²) in [5.74, 6) is -0.615. The van der Waals surface area contributed by atoms with Crippen LogP contribution in [0.15, 0.2) is 77.7 Å². The molecule has 2 amide bonds. The van der Waals surface area contributed by atoms with Gasteiger partial charge in [0.1, 0.15) is 18.3 Å². The number of amides is 2. The predicted molar refractivity (Wildman–Crippen MR) is 163 cm³/mol. The molecule has 0 aliphatic carbocycles. The zero-order chi connectivity index (χ0) is 30.2. The molecule has 0 unspecified atom stereocenters. The number of aryl methyl sites for hydroxylation is 1. The van der Waals surface area contributed by atoms with Gasteiger partial charge in [0.05, 0.1) is 17.7 Å². The average Bonchev–Trinajstić information content (AvgIpc) is 2.96. The summed E-state index contributed by atoms with van der Waals surface area (Å²) in [6.45, 7) is 7.00. The third-order valence-electron chi connectivity index (χ3n) is 6.95. The number of nitrogens with zero attached hydrogens (tertiary/aromatic N) is 2. The van der Waals surface area contributed by atoms with Crippen molar-refractivity contribution in [3.8, 4) is 5.75 Å². The second kappa shape index (κ2) is 14.4. The van der Waals surface area contributed by atoms with Crippen molar-refractivity contribution in [3.63, 3.8) is 0 Å². The fraction of sp³-hybridized carbons (Fsp3) is 0.355. The smallest absolute Gasteiger partial charge is 0.264 e. The highest BCUT2D eigenvalue weighted by Crippen LogP contribution is 2.35. The van der Waals surface area contributed by atoms with Crippen molar-refractivity contribution < 1.29 is 22.7 Å². The van der Waals surface area contributed by atoms with Crippen molar-refractivity contribution >= 4 is 39.1 Å². The van der Waals surface area contributed by atoms with Gasteiger partial charge in [0.25, 0.3) is 10.0 Å². The largest absolute Gasteiger partial charge is 0.495 e. The number of rotatable bonds is 13. The highest BCUT2D eigenvalue weighted by atomic mass is 35.5. The number of hydrogen-bond acceptors (Lipinski definition) is 5. The Labute approximate surface area is 248 Å². The van der Waals surface area contributed by atoms with E-state index in [-0.39, 0.29) is 39.8 Å². The highest BCUT2D eigenvalue weighted by molar-refractivity contribution is 7.92. The van der Waals surface area contributed by atoms with E-state index in [1.165, 1.54) is 30.2 Å². The normalized spacial score (nSPS) is 12.7. The molecular weight excluding hydrogens is 562 g/mol. The first-order valence-electron chi connectivity index (χ1n) is 13.5. The number of carbonyl (C=O) groups is 2. The van der Waals surface area contributed by atoms with Gasteiger partial charge in [-0.2, -0.15) is 0 Å². The van der Waals surface area contributed by atoms with Crippen molar-refractivity contribution in [3.05, 3.63) is 88.9 Å². The lowest BCUT2D eigenvalue weighted by atomic mass is 10.1. The van der Waals surface area contributed by atoms with Gasteiger partial charge in [0.15, 0.2) is 0 Å². The first-order chi connectivity index (χ1) is 19.5. The van der Waals surface area contributed by atoms with Gasteiger partial charge >= 0.3 is 0 Å². The van der Waals surface area contributed by atoms with Crippen molar-refractivity contribution in [1.82, 2.24) is 10.2 Å². The van der Waals surface area contributed by atoms with Gasteiger partial charge in [-0.25, -0.2) is 8.42 Å². The zero-order valence-electron chi connectivity index (χ0n) is 24.1. The molecule has 3 aromatic rings. The molecule has 0 aliphatic rings. The monoisotopic (exact) mass is 599 g/mol. The van der Waals surface area contributed by atoms with E-state index in [1.54, 1.807) is 31.2 Å². The molecule has 8 nitrogen and oxygen atoms in total. The fourth-order valence-corrected chi connectivity index (χ4v) is 5.83. The van der Waals surface area contributed by atoms with Crippen molar-refractivity contribution in [2.45, 2.75) is 57.5 Å². The highest BCUT2D eigenvalue weighted by Gasteiger charge is 2.34. The molecule has 220 valence electrons. The molecule has 0 heterocycles. The van der Waals surface area contributed by atoms with Crippen LogP contribution < -0.4 is 14.4 Å². The van der Waals surface area contributed by atoms with Crippen LogP contribution in [0.2, 0.25) is 5.02 Å². The lowest BCUT2D eigenvalue weighted by Crippen LogP contribution is -2.53. The van der Waals surface area contributed by atoms with Crippen LogP contribution in [0.3, 0.4) is 0 Å². The van der Waals surface area contributed by atoms with Crippen LogP contribution in [-0.4, -0.2) is 57.4 Å². The van der Waals surface area contributed by atoms with E-state index in [9.17, 15) is 18.0 Å². The van der Waals surface area contributed by atoms with Gasteiger partial charge in [0, 0.05) is 17.6 Å². The quantitative estimate of drug-likeness (QED) is 0.290. The molecule has 3 aromatic carbocycles. The Morgan fingerprint density at radius 2 is 1.66 bits per heavy atom. The minimum Gasteiger partial charge on any atom is -0.495 e. The summed E-state index contributed by atoms with van der Waals surface area (Å²) in [6.07, 6.45) is 1.21. The molecule has 0 fully saturated rings. The van der Waals surface area contributed by atoms with Gasteiger partial charge in [-0.3, -0.25) is 13.9 Å². The lowest BCUT2D eigenvalue weighted by Gasteiger charge is -2.32. The zero-order valence-corrected chi connectivity index (χ0v) is 25.7. The first-order valence-corrected chi connectivity index (χ1v) is 15.4. The van der Waals surface area contributed by atoms with Gasteiger partial charge in [-0.1, -0.05) is 66.6 Å². The minimum absolute atomic E-state index is 0.0105. The Bertz CT molecular complexity index is 1430. The Balaban J connectivity index is 2.04. The fourth-order valence-electron chi connectivity index (χ4n) is 4.24. The summed E-state index contributed by atoms with van der Waals surface area (Å²) >= 11 is 6.28. The molecular formula is C31H38ClN3O5S. The van der Waals surface area contributed by atoms with E-state index < -0.39 is 28.5 Å². The number of halogens is 1. The molecule has 0 saturated carbocycles. The van der Waals surface area contributed by atoms with Crippen molar-refractivity contribution in [2.75, 3.05) is 24.5 Å². The predicted octanol–water partition coefficient (Wildman–Crippen LogP) is 5.23. The van der Waals surface area contributed by atoms with Crippen LogP contribution in [0.1, 0.15) is 38.3 Å². The summed E-state index contributed by atoms with van der Waals surface area (Å²) in [4.78, 5) is 28.6. The van der Waals surface area contributed by atoms with E-state index in [0.717, 1.165) is 21.9 Å². The molecule has 1 N–H and O–H groups in total. The number of methoxy groups -OCH3 is 1. The number of ether oxygens (including phenoxy) is 1. The standard InChI is InChI=1S/C31H38ClN3O5S/c1-6-23(3)33-31(37)24(4)34(19-18-25-10-8-7-9-11-25)30(36)21-35(28-20-26(32)14-17-29(28)40-5)41(38,39)27-15-12-22(2)13-16-27/h7-17,20,23-24H,6,18-19,21H2,1-5H3,(H,33,37)/t23-,24-/m0/s1. The Kier molecular flexibility index (Phi) is 11.2. The summed E-state index contributed by atoms with van der Waals surface area (Å²) in [6, 6.07) is 19.6.